The van der Waals surface area contributed by atoms with E-state index >= 15 is 0 Å². The molecule has 1 unspecified atom stereocenters. The van der Waals surface area contributed by atoms with Gasteiger partial charge in [-0.1, -0.05) is 50.5 Å². The largest absolute Gasteiger partial charge is 0.329 e. The van der Waals surface area contributed by atoms with Gasteiger partial charge in [0.2, 0.25) is 5.82 Å². The van der Waals surface area contributed by atoms with Gasteiger partial charge in [-0.25, -0.2) is 4.79 Å². The van der Waals surface area contributed by atoms with Gasteiger partial charge >= 0.3 is 5.69 Å². The number of ketones is 1. The molecule has 0 aliphatic heterocycles. The molecule has 4 aromatic rings. The number of carbonyl (C=O) groups is 1. The van der Waals surface area contributed by atoms with Crippen molar-refractivity contribution in [2.24, 2.45) is 0 Å². The van der Waals surface area contributed by atoms with Crippen LogP contribution in [0.25, 0.3) is 22.5 Å². The Morgan fingerprint density at radius 3 is 2.72 bits per heavy atom. The molecule has 186 valence electrons. The molecule has 9 nitrogen and oxygen atoms in total. The Hall–Kier alpha value is -3.88. The first-order valence-electron chi connectivity index (χ1n) is 12.8. The van der Waals surface area contributed by atoms with Crippen molar-refractivity contribution in [2.75, 3.05) is 0 Å². The first-order valence-corrected chi connectivity index (χ1v) is 12.8. The zero-order valence-electron chi connectivity index (χ0n) is 20.6. The van der Waals surface area contributed by atoms with Crippen LogP contribution in [0.5, 0.6) is 0 Å². The molecule has 1 atom stereocenters. The van der Waals surface area contributed by atoms with E-state index in [1.54, 1.807) is 10.8 Å². The minimum absolute atomic E-state index is 0.123. The van der Waals surface area contributed by atoms with Gasteiger partial charge < -0.3 is 0 Å². The van der Waals surface area contributed by atoms with Gasteiger partial charge in [-0.3, -0.25) is 18.9 Å². The van der Waals surface area contributed by atoms with Crippen LogP contribution in [0.3, 0.4) is 0 Å². The summed E-state index contributed by atoms with van der Waals surface area (Å²) in [5.41, 5.74) is 4.50. The molecule has 3 heterocycles. The quantitative estimate of drug-likeness (QED) is 0.371. The number of aromatic amines is 1. The molecule has 36 heavy (non-hydrogen) atoms. The van der Waals surface area contributed by atoms with Crippen LogP contribution in [0.1, 0.15) is 69.2 Å². The Labute approximate surface area is 209 Å². The normalized spacial score (nSPS) is 16.2. The molecule has 0 saturated heterocycles. The van der Waals surface area contributed by atoms with Gasteiger partial charge in [-0.05, 0) is 53.7 Å². The number of aryl methyl sites for hydroxylation is 1. The molecule has 1 aromatic carbocycles. The molecule has 5 rings (SSSR count). The van der Waals surface area contributed by atoms with Crippen LogP contribution in [-0.4, -0.2) is 40.5 Å². The number of Topliss-reactive ketones (excluding diaryl/α,β-unsaturated/α-hetero) is 1. The van der Waals surface area contributed by atoms with Crippen LogP contribution >= 0.6 is 0 Å². The predicted octanol–water partition coefficient (Wildman–Crippen LogP) is 4.36. The number of hydrogen-bond donors (Lipinski definition) is 1. The van der Waals surface area contributed by atoms with Gasteiger partial charge in [-0.2, -0.15) is 5.21 Å². The summed E-state index contributed by atoms with van der Waals surface area (Å²) in [4.78, 5) is 31.0. The number of H-pyrrole nitrogens is 1. The van der Waals surface area contributed by atoms with E-state index in [0.717, 1.165) is 72.9 Å². The van der Waals surface area contributed by atoms with Crippen LogP contribution in [0, 0.1) is 0 Å². The Morgan fingerprint density at radius 2 is 1.92 bits per heavy atom. The van der Waals surface area contributed by atoms with Crippen LogP contribution in [0.15, 0.2) is 53.7 Å². The lowest BCUT2D eigenvalue weighted by molar-refractivity contribution is -0.122. The number of pyridine rings is 1. The fourth-order valence-corrected chi connectivity index (χ4v) is 5.11. The van der Waals surface area contributed by atoms with Crippen LogP contribution in [-0.2, 0) is 17.8 Å². The van der Waals surface area contributed by atoms with Gasteiger partial charge in [-0.15, -0.1) is 10.2 Å². The Bertz CT molecular complexity index is 1390. The van der Waals surface area contributed by atoms with Crippen molar-refractivity contribution < 1.29 is 4.79 Å². The minimum Gasteiger partial charge on any atom is -0.297 e. The molecule has 3 aromatic heterocycles. The smallest absolute Gasteiger partial charge is 0.297 e. The molecule has 1 aliphatic rings. The lowest BCUT2D eigenvalue weighted by Gasteiger charge is -2.14. The van der Waals surface area contributed by atoms with Crippen molar-refractivity contribution in [3.63, 3.8) is 0 Å². The highest BCUT2D eigenvalue weighted by Gasteiger charge is 2.26. The number of aromatic nitrogens is 7. The summed E-state index contributed by atoms with van der Waals surface area (Å²) in [5.74, 6) is 0.678. The second kappa shape index (κ2) is 10.8. The Balaban J connectivity index is 1.57. The van der Waals surface area contributed by atoms with Gasteiger partial charge in [0, 0.05) is 36.3 Å². The molecule has 1 saturated carbocycles. The Kier molecular flexibility index (Phi) is 7.16. The number of nitrogens with one attached hydrogen (secondary N) is 1. The summed E-state index contributed by atoms with van der Waals surface area (Å²) < 4.78 is 3.52. The standard InChI is InChI=1S/C27H31N7O2/c1-2-3-9-20-18-34(24-12-5-4-6-13-25(24)35)27(36)33(20)17-19-16-28-15-14-21(19)22-10-7-8-11-23(22)26-29-31-32-30-26/h7-8,10-11,14-16,18,24H,2-6,9,12-13,17H2,1H3,(H,29,30,31,32). The topological polar surface area (TPSA) is 111 Å². The number of imidazole rings is 1. The zero-order chi connectivity index (χ0) is 24.9. The molecule has 9 heteroatoms. The maximum atomic E-state index is 13.7. The van der Waals surface area contributed by atoms with E-state index in [-0.39, 0.29) is 17.5 Å². The predicted molar refractivity (Wildman–Crippen MR) is 136 cm³/mol. The number of tetrazole rings is 1. The summed E-state index contributed by atoms with van der Waals surface area (Å²) in [7, 11) is 0. The molecule has 0 radical (unpaired) electrons. The second-order valence-corrected chi connectivity index (χ2v) is 9.40. The molecular weight excluding hydrogens is 454 g/mol. The number of nitrogens with zero attached hydrogens (tertiary/aromatic N) is 6. The fraction of sp³-hybridized carbons (Fsp3) is 0.407. The van der Waals surface area contributed by atoms with Gasteiger partial charge in [0.05, 0.1) is 12.6 Å². The molecule has 1 fully saturated rings. The SMILES string of the molecule is CCCCc1cn(C2CCCCCC2=O)c(=O)n1Cc1cnccc1-c1ccccc1-c1nn[nH]n1. The summed E-state index contributed by atoms with van der Waals surface area (Å²) >= 11 is 0. The van der Waals surface area contributed by atoms with Gasteiger partial charge in [0.25, 0.3) is 0 Å². The van der Waals surface area contributed by atoms with Crippen molar-refractivity contribution in [1.29, 1.82) is 0 Å². The number of unbranched alkanes of at least 4 members (excludes halogenated alkanes) is 1. The number of benzene rings is 1. The third-order valence-electron chi connectivity index (χ3n) is 7.02. The lowest BCUT2D eigenvalue weighted by atomic mass is 9.96. The second-order valence-electron chi connectivity index (χ2n) is 9.40. The highest BCUT2D eigenvalue weighted by molar-refractivity contribution is 5.83. The summed E-state index contributed by atoms with van der Waals surface area (Å²) in [6, 6.07) is 9.46. The molecule has 0 amide bonds. The third kappa shape index (κ3) is 4.78. The van der Waals surface area contributed by atoms with Crippen LogP contribution in [0.4, 0.5) is 0 Å². The monoisotopic (exact) mass is 485 g/mol. The lowest BCUT2D eigenvalue weighted by Crippen LogP contribution is -2.31. The summed E-state index contributed by atoms with van der Waals surface area (Å²) in [6.07, 6.45) is 12.5. The molecule has 1 N–H and O–H groups in total. The molecule has 1 aliphatic carbocycles. The maximum absolute atomic E-state index is 13.7. The minimum atomic E-state index is -0.367. The average Bonchev–Trinajstić information content (AvgIpc) is 3.48. The van der Waals surface area contributed by atoms with E-state index < -0.39 is 0 Å². The highest BCUT2D eigenvalue weighted by atomic mass is 16.2. The van der Waals surface area contributed by atoms with Crippen molar-refractivity contribution in [1.82, 2.24) is 34.7 Å². The zero-order valence-corrected chi connectivity index (χ0v) is 20.6. The van der Waals surface area contributed by atoms with E-state index in [2.05, 4.69) is 32.5 Å². The highest BCUT2D eigenvalue weighted by Crippen LogP contribution is 2.32. The van der Waals surface area contributed by atoms with Crippen molar-refractivity contribution in [3.05, 3.63) is 70.7 Å². The molecule has 0 bridgehead atoms. The Morgan fingerprint density at radius 1 is 1.06 bits per heavy atom. The van der Waals surface area contributed by atoms with Gasteiger partial charge in [0.15, 0.2) is 5.78 Å². The van der Waals surface area contributed by atoms with Crippen LogP contribution < -0.4 is 5.69 Å². The van der Waals surface area contributed by atoms with Crippen LogP contribution in [0.2, 0.25) is 0 Å². The average molecular weight is 486 g/mol. The van der Waals surface area contributed by atoms with Crippen molar-refractivity contribution in [2.45, 2.75) is 70.9 Å². The summed E-state index contributed by atoms with van der Waals surface area (Å²) in [6.45, 7) is 2.51. The number of rotatable bonds is 8. The first-order chi connectivity index (χ1) is 17.7. The maximum Gasteiger partial charge on any atom is 0.329 e. The molecular formula is C27H31N7O2. The first kappa shape index (κ1) is 23.8. The van der Waals surface area contributed by atoms with Crippen molar-refractivity contribution >= 4 is 5.78 Å². The number of hydrogen-bond acceptors (Lipinski definition) is 6. The molecule has 0 spiro atoms. The number of carbonyl (C=O) groups excluding carboxylic acids is 1. The van der Waals surface area contributed by atoms with E-state index in [4.69, 9.17) is 0 Å². The van der Waals surface area contributed by atoms with Gasteiger partial charge in [0.1, 0.15) is 0 Å². The van der Waals surface area contributed by atoms with E-state index in [0.29, 0.717) is 18.8 Å². The van der Waals surface area contributed by atoms with E-state index in [9.17, 15) is 9.59 Å². The van der Waals surface area contributed by atoms with E-state index in [1.165, 1.54) is 0 Å². The van der Waals surface area contributed by atoms with Crippen molar-refractivity contribution in [3.8, 4) is 22.5 Å². The van der Waals surface area contributed by atoms with E-state index in [1.807, 2.05) is 47.3 Å². The summed E-state index contributed by atoms with van der Waals surface area (Å²) in [5, 5.41) is 14.6. The fourth-order valence-electron chi connectivity index (χ4n) is 5.11. The third-order valence-corrected chi connectivity index (χ3v) is 7.02.